The molecule has 0 bridgehead atoms. The van der Waals surface area contributed by atoms with Crippen molar-refractivity contribution in [2.75, 3.05) is 6.54 Å². The highest BCUT2D eigenvalue weighted by atomic mass is 16.3. The fourth-order valence-corrected chi connectivity index (χ4v) is 1.87. The Hall–Kier alpha value is -1.35. The van der Waals surface area contributed by atoms with Crippen LogP contribution in [0.4, 0.5) is 0 Å². The van der Waals surface area contributed by atoms with Crippen molar-refractivity contribution < 1.29 is 4.42 Å². The minimum atomic E-state index is 0.172. The second kappa shape index (κ2) is 2.58. The van der Waals surface area contributed by atoms with E-state index in [2.05, 4.69) is 11.1 Å². The molecule has 1 fully saturated rings. The van der Waals surface area contributed by atoms with Crippen molar-refractivity contribution in [3.05, 3.63) is 30.3 Å². The Morgan fingerprint density at radius 2 is 2.36 bits per heavy atom. The Labute approximate surface area is 81.9 Å². The van der Waals surface area contributed by atoms with Crippen LogP contribution in [0.1, 0.15) is 18.5 Å². The van der Waals surface area contributed by atoms with Crippen molar-refractivity contribution in [3.63, 3.8) is 0 Å². The molecule has 0 radical (unpaired) electrons. The predicted molar refractivity (Wildman–Crippen MR) is 54.0 cm³/mol. The fourth-order valence-electron chi connectivity index (χ4n) is 1.87. The molecule has 2 aromatic rings. The Kier molecular flexibility index (Phi) is 1.47. The average molecular weight is 188 g/mol. The van der Waals surface area contributed by atoms with Crippen LogP contribution in [0.25, 0.3) is 11.0 Å². The number of pyridine rings is 1. The molecule has 1 aliphatic carbocycles. The molecule has 3 rings (SSSR count). The Morgan fingerprint density at radius 3 is 3.07 bits per heavy atom. The minimum absolute atomic E-state index is 0.172. The van der Waals surface area contributed by atoms with Crippen LogP contribution >= 0.6 is 0 Å². The lowest BCUT2D eigenvalue weighted by atomic mass is 10.0. The summed E-state index contributed by atoms with van der Waals surface area (Å²) in [6, 6.07) is 4.06. The molecule has 2 N–H and O–H groups in total. The highest BCUT2D eigenvalue weighted by molar-refractivity contribution is 5.76. The molecule has 0 aliphatic heterocycles. The number of aromatic nitrogens is 1. The van der Waals surface area contributed by atoms with E-state index in [1.807, 2.05) is 6.07 Å². The molecule has 2 aromatic heterocycles. The summed E-state index contributed by atoms with van der Waals surface area (Å²) in [5.41, 5.74) is 7.90. The van der Waals surface area contributed by atoms with E-state index in [1.54, 1.807) is 12.5 Å². The molecule has 3 heteroatoms. The Balaban J connectivity index is 2.13. The van der Waals surface area contributed by atoms with Crippen molar-refractivity contribution in [3.8, 4) is 0 Å². The summed E-state index contributed by atoms with van der Waals surface area (Å²) >= 11 is 0. The van der Waals surface area contributed by atoms with E-state index in [0.717, 1.165) is 16.7 Å². The topological polar surface area (TPSA) is 52.0 Å². The standard InChI is InChI=1S/C11H12N2O/c12-7-11(2-3-11)10-5-8-1-4-14-9(8)6-13-10/h1,4-6H,2-3,7,12H2. The predicted octanol–water partition coefficient (Wildman–Crippen LogP) is 1.82. The van der Waals surface area contributed by atoms with Gasteiger partial charge in [0.15, 0.2) is 5.58 Å². The van der Waals surface area contributed by atoms with Crippen molar-refractivity contribution in [2.45, 2.75) is 18.3 Å². The monoisotopic (exact) mass is 188 g/mol. The second-order valence-corrected chi connectivity index (χ2v) is 4.01. The van der Waals surface area contributed by atoms with Gasteiger partial charge in [-0.3, -0.25) is 4.98 Å². The minimum Gasteiger partial charge on any atom is -0.463 e. The molecule has 0 spiro atoms. The van der Waals surface area contributed by atoms with Gasteiger partial charge >= 0.3 is 0 Å². The van der Waals surface area contributed by atoms with E-state index in [0.29, 0.717) is 6.54 Å². The zero-order valence-corrected chi connectivity index (χ0v) is 7.86. The smallest absolute Gasteiger partial charge is 0.152 e. The molecule has 0 saturated heterocycles. The zero-order valence-electron chi connectivity index (χ0n) is 7.86. The Morgan fingerprint density at radius 1 is 1.50 bits per heavy atom. The summed E-state index contributed by atoms with van der Waals surface area (Å²) in [4.78, 5) is 4.41. The Bertz CT molecular complexity index is 471. The van der Waals surface area contributed by atoms with E-state index in [1.165, 1.54) is 12.8 Å². The molecule has 0 amide bonds. The van der Waals surface area contributed by atoms with Gasteiger partial charge in [0.25, 0.3) is 0 Å². The van der Waals surface area contributed by atoms with Gasteiger partial charge in [0.05, 0.1) is 12.5 Å². The number of furan rings is 1. The third kappa shape index (κ3) is 0.990. The van der Waals surface area contributed by atoms with Gasteiger partial charge in [-0.05, 0) is 25.0 Å². The van der Waals surface area contributed by atoms with Crippen LogP contribution in [-0.2, 0) is 5.41 Å². The number of hydrogen-bond acceptors (Lipinski definition) is 3. The molecular formula is C11H12N2O. The molecule has 14 heavy (non-hydrogen) atoms. The van der Waals surface area contributed by atoms with Crippen LogP contribution in [0.3, 0.4) is 0 Å². The van der Waals surface area contributed by atoms with Crippen molar-refractivity contribution in [1.29, 1.82) is 0 Å². The molecule has 0 unspecified atom stereocenters. The van der Waals surface area contributed by atoms with E-state index >= 15 is 0 Å². The maximum atomic E-state index is 5.76. The molecule has 0 aromatic carbocycles. The zero-order chi connectivity index (χ0) is 9.60. The lowest BCUT2D eigenvalue weighted by molar-refractivity contribution is 0.612. The van der Waals surface area contributed by atoms with Gasteiger partial charge in [0.1, 0.15) is 0 Å². The van der Waals surface area contributed by atoms with Gasteiger partial charge in [-0.15, -0.1) is 0 Å². The highest BCUT2D eigenvalue weighted by Gasteiger charge is 2.44. The molecule has 72 valence electrons. The van der Waals surface area contributed by atoms with Gasteiger partial charge in [0, 0.05) is 23.0 Å². The van der Waals surface area contributed by atoms with Gasteiger partial charge in [-0.2, -0.15) is 0 Å². The van der Waals surface area contributed by atoms with Crippen LogP contribution in [0.15, 0.2) is 29.0 Å². The first kappa shape index (κ1) is 8.00. The average Bonchev–Trinajstić information content (AvgIpc) is 2.89. The molecule has 3 nitrogen and oxygen atoms in total. The SMILES string of the molecule is NCC1(c2cc3ccoc3cn2)CC1. The third-order valence-corrected chi connectivity index (χ3v) is 3.13. The maximum absolute atomic E-state index is 5.76. The normalized spacial score (nSPS) is 18.6. The molecular weight excluding hydrogens is 176 g/mol. The first-order valence-electron chi connectivity index (χ1n) is 4.88. The summed E-state index contributed by atoms with van der Waals surface area (Å²) in [5.74, 6) is 0. The molecule has 1 saturated carbocycles. The van der Waals surface area contributed by atoms with Crippen LogP contribution < -0.4 is 5.73 Å². The quantitative estimate of drug-likeness (QED) is 0.782. The summed E-state index contributed by atoms with van der Waals surface area (Å²) in [7, 11) is 0. The second-order valence-electron chi connectivity index (χ2n) is 4.01. The van der Waals surface area contributed by atoms with Gasteiger partial charge < -0.3 is 10.2 Å². The summed E-state index contributed by atoms with van der Waals surface area (Å²) in [5, 5.41) is 1.12. The summed E-state index contributed by atoms with van der Waals surface area (Å²) in [6.07, 6.45) is 5.82. The fraction of sp³-hybridized carbons (Fsp3) is 0.364. The van der Waals surface area contributed by atoms with Gasteiger partial charge in [0.2, 0.25) is 0 Å². The number of hydrogen-bond donors (Lipinski definition) is 1. The van der Waals surface area contributed by atoms with E-state index in [4.69, 9.17) is 10.2 Å². The maximum Gasteiger partial charge on any atom is 0.152 e. The van der Waals surface area contributed by atoms with E-state index in [-0.39, 0.29) is 5.41 Å². The van der Waals surface area contributed by atoms with Crippen LogP contribution in [0.5, 0.6) is 0 Å². The van der Waals surface area contributed by atoms with Crippen molar-refractivity contribution in [1.82, 2.24) is 4.98 Å². The van der Waals surface area contributed by atoms with Crippen LogP contribution in [0, 0.1) is 0 Å². The summed E-state index contributed by atoms with van der Waals surface area (Å²) < 4.78 is 5.25. The number of nitrogens with zero attached hydrogens (tertiary/aromatic N) is 1. The first-order chi connectivity index (χ1) is 6.84. The number of rotatable bonds is 2. The molecule has 2 heterocycles. The highest BCUT2D eigenvalue weighted by Crippen LogP contribution is 2.46. The van der Waals surface area contributed by atoms with Crippen molar-refractivity contribution in [2.24, 2.45) is 5.73 Å². The van der Waals surface area contributed by atoms with Gasteiger partial charge in [-0.1, -0.05) is 0 Å². The van der Waals surface area contributed by atoms with Crippen LogP contribution in [-0.4, -0.2) is 11.5 Å². The number of nitrogens with two attached hydrogens (primary N) is 1. The molecule has 0 atom stereocenters. The first-order valence-corrected chi connectivity index (χ1v) is 4.88. The largest absolute Gasteiger partial charge is 0.463 e. The van der Waals surface area contributed by atoms with E-state index in [9.17, 15) is 0 Å². The lowest BCUT2D eigenvalue weighted by Gasteiger charge is -2.10. The number of fused-ring (bicyclic) bond motifs is 1. The third-order valence-electron chi connectivity index (χ3n) is 3.13. The van der Waals surface area contributed by atoms with Crippen molar-refractivity contribution >= 4 is 11.0 Å². The molecule has 1 aliphatic rings. The summed E-state index contributed by atoms with van der Waals surface area (Å²) in [6.45, 7) is 0.698. The van der Waals surface area contributed by atoms with Gasteiger partial charge in [-0.25, -0.2) is 0 Å². The van der Waals surface area contributed by atoms with E-state index < -0.39 is 0 Å². The van der Waals surface area contributed by atoms with Crippen LogP contribution in [0.2, 0.25) is 0 Å². The lowest BCUT2D eigenvalue weighted by Crippen LogP contribution is -2.20.